The summed E-state index contributed by atoms with van der Waals surface area (Å²) in [5.41, 5.74) is 4.47. The molecule has 3 N–H and O–H groups in total. The summed E-state index contributed by atoms with van der Waals surface area (Å²) in [6, 6.07) is 31.1. The Bertz CT molecular complexity index is 1840. The highest BCUT2D eigenvalue weighted by Gasteiger charge is 2.16. The number of nitrogens with one attached hydrogen (secondary N) is 3. The van der Waals surface area contributed by atoms with E-state index in [0.717, 1.165) is 27.3 Å². The minimum atomic E-state index is -0.460. The molecule has 0 aliphatic carbocycles. The molecule has 0 aliphatic heterocycles. The number of rotatable bonds is 11. The third kappa shape index (κ3) is 8.47. The van der Waals surface area contributed by atoms with E-state index in [1.165, 1.54) is 23.1 Å². The molecule has 0 aliphatic rings. The van der Waals surface area contributed by atoms with Gasteiger partial charge in [-0.05, 0) is 72.7 Å². The molecule has 226 valence electrons. The van der Waals surface area contributed by atoms with E-state index in [9.17, 15) is 14.4 Å². The average Bonchev–Trinajstić information content (AvgIpc) is 3.53. The van der Waals surface area contributed by atoms with Gasteiger partial charge in [0.15, 0.2) is 5.13 Å². The van der Waals surface area contributed by atoms with Gasteiger partial charge in [-0.2, -0.15) is 0 Å². The molecular weight excluding hydrogens is 605 g/mol. The van der Waals surface area contributed by atoms with Gasteiger partial charge < -0.3 is 20.7 Å². The molecule has 5 aromatic rings. The quantitative estimate of drug-likeness (QED) is 0.104. The molecule has 0 radical (unpaired) electrons. The van der Waals surface area contributed by atoms with Crippen LogP contribution in [0.2, 0.25) is 0 Å². The summed E-state index contributed by atoms with van der Waals surface area (Å²) in [5.74, 6) is -0.128. The number of amides is 3. The number of nitrogens with zero attached hydrogens (tertiary/aromatic N) is 1. The summed E-state index contributed by atoms with van der Waals surface area (Å²) in [6.07, 6.45) is 1.66. The molecule has 4 aromatic carbocycles. The van der Waals surface area contributed by atoms with Crippen LogP contribution in [0.1, 0.15) is 21.5 Å². The van der Waals surface area contributed by atoms with Gasteiger partial charge in [-0.1, -0.05) is 54.6 Å². The fourth-order valence-electron chi connectivity index (χ4n) is 4.29. The Balaban J connectivity index is 1.19. The van der Waals surface area contributed by atoms with Gasteiger partial charge in [0.05, 0.1) is 18.6 Å². The van der Waals surface area contributed by atoms with Crippen LogP contribution < -0.4 is 20.7 Å². The normalized spacial score (nSPS) is 11.0. The molecule has 8 nitrogen and oxygen atoms in total. The van der Waals surface area contributed by atoms with Crippen LogP contribution in [0.25, 0.3) is 17.3 Å². The van der Waals surface area contributed by atoms with E-state index in [4.69, 9.17) is 4.74 Å². The van der Waals surface area contributed by atoms with Crippen LogP contribution in [-0.2, 0) is 9.59 Å². The lowest BCUT2D eigenvalue weighted by Crippen LogP contribution is -2.30. The lowest BCUT2D eigenvalue weighted by Gasteiger charge is -2.12. The molecule has 0 spiro atoms. The largest absolute Gasteiger partial charge is 0.496 e. The maximum atomic E-state index is 13.3. The van der Waals surface area contributed by atoms with Crippen molar-refractivity contribution < 1.29 is 19.1 Å². The first-order valence-electron chi connectivity index (χ1n) is 14.0. The average molecular weight is 635 g/mol. The van der Waals surface area contributed by atoms with Crippen molar-refractivity contribution in [3.63, 3.8) is 0 Å². The summed E-state index contributed by atoms with van der Waals surface area (Å²) >= 11 is 2.71. The van der Waals surface area contributed by atoms with Gasteiger partial charge in [0.1, 0.15) is 11.4 Å². The number of hydrogen-bond acceptors (Lipinski definition) is 7. The first kappa shape index (κ1) is 31.2. The van der Waals surface area contributed by atoms with Crippen LogP contribution in [0.5, 0.6) is 5.75 Å². The Labute approximate surface area is 269 Å². The minimum Gasteiger partial charge on any atom is -0.496 e. The van der Waals surface area contributed by atoms with E-state index in [2.05, 4.69) is 20.9 Å². The topological polar surface area (TPSA) is 109 Å². The molecule has 0 saturated carbocycles. The number of thiazole rings is 1. The zero-order valence-electron chi connectivity index (χ0n) is 24.6. The number of carbonyl (C=O) groups excluding carboxylic acids is 3. The number of hydrogen-bond donors (Lipinski definition) is 3. The van der Waals surface area contributed by atoms with Crippen molar-refractivity contribution in [1.82, 2.24) is 10.3 Å². The Morgan fingerprint density at radius 3 is 2.33 bits per heavy atom. The van der Waals surface area contributed by atoms with Gasteiger partial charge in [-0.3, -0.25) is 14.4 Å². The van der Waals surface area contributed by atoms with Gasteiger partial charge in [0.2, 0.25) is 5.91 Å². The van der Waals surface area contributed by atoms with Crippen molar-refractivity contribution in [2.45, 2.75) is 11.8 Å². The summed E-state index contributed by atoms with van der Waals surface area (Å²) < 4.78 is 5.41. The SMILES string of the molecule is COc1ccccc1-c1csc(NC(=O)CSc2ccc(NC(=O)/C(=C/c3ccccc3C)NC(=O)c3ccccc3)cc2)n1. The number of para-hydroxylation sites is 1. The van der Waals surface area contributed by atoms with Crippen molar-refractivity contribution >= 4 is 57.7 Å². The van der Waals surface area contributed by atoms with E-state index < -0.39 is 5.91 Å². The third-order valence-electron chi connectivity index (χ3n) is 6.63. The highest BCUT2D eigenvalue weighted by Crippen LogP contribution is 2.32. The van der Waals surface area contributed by atoms with Crippen molar-refractivity contribution in [3.05, 3.63) is 131 Å². The summed E-state index contributed by atoms with van der Waals surface area (Å²) in [4.78, 5) is 44.2. The number of ether oxygens (including phenoxy) is 1. The molecule has 0 unspecified atom stereocenters. The highest BCUT2D eigenvalue weighted by atomic mass is 32.2. The van der Waals surface area contributed by atoms with Gasteiger partial charge in [0, 0.05) is 27.1 Å². The maximum absolute atomic E-state index is 13.3. The molecule has 0 saturated heterocycles. The van der Waals surface area contributed by atoms with Gasteiger partial charge in [-0.25, -0.2) is 4.98 Å². The second kappa shape index (κ2) is 15.0. The molecule has 10 heteroatoms. The second-order valence-electron chi connectivity index (χ2n) is 9.79. The van der Waals surface area contributed by atoms with E-state index in [1.807, 2.05) is 79.0 Å². The monoisotopic (exact) mass is 634 g/mol. The number of carbonyl (C=O) groups is 3. The zero-order valence-corrected chi connectivity index (χ0v) is 26.2. The number of benzene rings is 4. The van der Waals surface area contributed by atoms with E-state index >= 15 is 0 Å². The van der Waals surface area contributed by atoms with Crippen molar-refractivity contribution in [2.75, 3.05) is 23.5 Å². The van der Waals surface area contributed by atoms with Crippen LogP contribution in [0.4, 0.5) is 10.8 Å². The molecular formula is C35H30N4O4S2. The molecule has 0 bridgehead atoms. The molecule has 0 fully saturated rings. The Morgan fingerprint density at radius 2 is 1.58 bits per heavy atom. The Kier molecular flexibility index (Phi) is 10.4. The van der Waals surface area contributed by atoms with Crippen LogP contribution in [0.3, 0.4) is 0 Å². The van der Waals surface area contributed by atoms with Crippen molar-refractivity contribution in [3.8, 4) is 17.0 Å². The van der Waals surface area contributed by atoms with Crippen molar-refractivity contribution in [1.29, 1.82) is 0 Å². The molecule has 0 atom stereocenters. The Hall–Kier alpha value is -5.19. The first-order valence-corrected chi connectivity index (χ1v) is 15.8. The summed E-state index contributed by atoms with van der Waals surface area (Å²) in [5, 5.41) is 10.9. The molecule has 3 amide bonds. The van der Waals surface area contributed by atoms with Crippen LogP contribution >= 0.6 is 23.1 Å². The standard InChI is InChI=1S/C35H30N4O4S2/c1-23-10-6-7-13-25(23)20-29(37-33(41)24-11-4-3-5-12-24)34(42)36-26-16-18-27(19-17-26)44-22-32(40)39-35-38-30(21-45-35)28-14-8-9-15-31(28)43-2/h3-21H,22H2,1-2H3,(H,36,42)(H,37,41)(H,38,39,40)/b29-20-. The van der Waals surface area contributed by atoms with Gasteiger partial charge in [-0.15, -0.1) is 23.1 Å². The predicted octanol–water partition coefficient (Wildman–Crippen LogP) is 7.27. The van der Waals surface area contributed by atoms with Crippen LogP contribution in [0, 0.1) is 6.92 Å². The number of anilines is 2. The molecule has 1 aromatic heterocycles. The van der Waals surface area contributed by atoms with Gasteiger partial charge in [0.25, 0.3) is 11.8 Å². The second-order valence-corrected chi connectivity index (χ2v) is 11.7. The van der Waals surface area contributed by atoms with Crippen LogP contribution in [0.15, 0.2) is 119 Å². The van der Waals surface area contributed by atoms with Gasteiger partial charge >= 0.3 is 0 Å². The number of aromatic nitrogens is 1. The number of methoxy groups -OCH3 is 1. The molecule has 1 heterocycles. The number of thioether (sulfide) groups is 1. The fourth-order valence-corrected chi connectivity index (χ4v) is 5.72. The molecule has 5 rings (SSSR count). The Morgan fingerprint density at radius 1 is 0.867 bits per heavy atom. The highest BCUT2D eigenvalue weighted by molar-refractivity contribution is 8.00. The minimum absolute atomic E-state index is 0.115. The molecule has 45 heavy (non-hydrogen) atoms. The predicted molar refractivity (Wildman–Crippen MR) is 182 cm³/mol. The zero-order chi connectivity index (χ0) is 31.6. The van der Waals surface area contributed by atoms with E-state index in [-0.39, 0.29) is 23.3 Å². The summed E-state index contributed by atoms with van der Waals surface area (Å²) in [7, 11) is 1.61. The van der Waals surface area contributed by atoms with Crippen LogP contribution in [-0.4, -0.2) is 35.6 Å². The number of aryl methyl sites for hydroxylation is 1. The lowest BCUT2D eigenvalue weighted by atomic mass is 10.1. The lowest BCUT2D eigenvalue weighted by molar-refractivity contribution is -0.114. The fraction of sp³-hybridized carbons (Fsp3) is 0.0857. The van der Waals surface area contributed by atoms with E-state index in [0.29, 0.717) is 22.1 Å². The smallest absolute Gasteiger partial charge is 0.272 e. The van der Waals surface area contributed by atoms with E-state index in [1.54, 1.807) is 49.6 Å². The third-order valence-corrected chi connectivity index (χ3v) is 8.40. The maximum Gasteiger partial charge on any atom is 0.272 e. The van der Waals surface area contributed by atoms with Crippen molar-refractivity contribution in [2.24, 2.45) is 0 Å². The summed E-state index contributed by atoms with van der Waals surface area (Å²) in [6.45, 7) is 1.94. The first-order chi connectivity index (χ1) is 21.9.